The Morgan fingerprint density at radius 1 is 1.25 bits per heavy atom. The summed E-state index contributed by atoms with van der Waals surface area (Å²) in [6.07, 6.45) is -0.869. The number of carbonyl (C=O) groups is 2. The van der Waals surface area contributed by atoms with Gasteiger partial charge in [0.2, 0.25) is 0 Å². The highest BCUT2D eigenvalue weighted by molar-refractivity contribution is 5.67. The van der Waals surface area contributed by atoms with E-state index in [0.717, 1.165) is 0 Å². The van der Waals surface area contributed by atoms with E-state index in [0.29, 0.717) is 0 Å². The third-order valence-corrected chi connectivity index (χ3v) is 0.991. The highest BCUT2D eigenvalue weighted by Crippen LogP contribution is 1.93. The predicted molar refractivity (Wildman–Crippen MR) is 37.7 cm³/mol. The van der Waals surface area contributed by atoms with Crippen LogP contribution in [-0.4, -0.2) is 31.3 Å². The molecule has 0 bridgehead atoms. The van der Waals surface area contributed by atoms with Crippen LogP contribution in [0.3, 0.4) is 0 Å². The maximum atomic E-state index is 10.4. The third-order valence-electron chi connectivity index (χ3n) is 0.991. The fourth-order valence-corrected chi connectivity index (χ4v) is 0.561. The van der Waals surface area contributed by atoms with Crippen molar-refractivity contribution >= 4 is 11.9 Å². The third kappa shape index (κ3) is 5.67. The highest BCUT2D eigenvalue weighted by atomic mass is 16.6. The molecule has 0 aliphatic heterocycles. The van der Waals surface area contributed by atoms with Crippen molar-refractivity contribution in [1.29, 1.82) is 0 Å². The monoisotopic (exact) mass is 175 g/mol. The zero-order valence-electron chi connectivity index (χ0n) is 7.03. The molecule has 0 aliphatic carbocycles. The standard InChI is InChI=1S/C7H11O5/c1-5(9)11-4-7(3-8)12-6(2)10/h7H,3-4H2,1-2H3/t7-/m0/s1. The van der Waals surface area contributed by atoms with Gasteiger partial charge in [-0.15, -0.1) is 0 Å². The largest absolute Gasteiger partial charge is 0.462 e. The van der Waals surface area contributed by atoms with E-state index >= 15 is 0 Å². The smallest absolute Gasteiger partial charge is 0.303 e. The van der Waals surface area contributed by atoms with Crippen LogP contribution in [0.1, 0.15) is 13.8 Å². The van der Waals surface area contributed by atoms with Gasteiger partial charge in [0.15, 0.2) is 6.10 Å². The van der Waals surface area contributed by atoms with Crippen LogP contribution in [0.25, 0.3) is 0 Å². The van der Waals surface area contributed by atoms with Crippen molar-refractivity contribution in [2.24, 2.45) is 0 Å². The van der Waals surface area contributed by atoms with Crippen LogP contribution in [0.5, 0.6) is 0 Å². The molecule has 12 heavy (non-hydrogen) atoms. The van der Waals surface area contributed by atoms with Gasteiger partial charge in [-0.1, -0.05) is 0 Å². The molecule has 69 valence electrons. The Morgan fingerprint density at radius 3 is 2.17 bits per heavy atom. The lowest BCUT2D eigenvalue weighted by atomic mass is 10.4. The van der Waals surface area contributed by atoms with Crippen molar-refractivity contribution in [1.82, 2.24) is 0 Å². The van der Waals surface area contributed by atoms with E-state index in [4.69, 9.17) is 0 Å². The van der Waals surface area contributed by atoms with Gasteiger partial charge in [-0.2, -0.15) is 0 Å². The number of ether oxygens (including phenoxy) is 2. The van der Waals surface area contributed by atoms with E-state index < -0.39 is 24.6 Å². The molecule has 0 saturated heterocycles. The molecule has 0 spiro atoms. The Bertz CT molecular complexity index is 165. The molecule has 0 unspecified atom stereocenters. The fraction of sp³-hybridized carbons (Fsp3) is 0.714. The molecule has 0 aromatic heterocycles. The number of carbonyl (C=O) groups excluding carboxylic acids is 2. The quantitative estimate of drug-likeness (QED) is 0.560. The van der Waals surface area contributed by atoms with Gasteiger partial charge in [0.05, 0.1) is 0 Å². The average molecular weight is 175 g/mol. The summed E-state index contributed by atoms with van der Waals surface area (Å²) in [5.41, 5.74) is 0. The van der Waals surface area contributed by atoms with Crippen molar-refractivity contribution in [2.45, 2.75) is 20.0 Å². The summed E-state index contributed by atoms with van der Waals surface area (Å²) < 4.78 is 9.00. The average Bonchev–Trinajstić information content (AvgIpc) is 1.97. The first kappa shape index (κ1) is 10.9. The van der Waals surface area contributed by atoms with Crippen LogP contribution in [0, 0.1) is 0 Å². The van der Waals surface area contributed by atoms with Crippen LogP contribution in [0.2, 0.25) is 0 Å². The molecule has 0 amide bonds. The fourth-order valence-electron chi connectivity index (χ4n) is 0.561. The minimum Gasteiger partial charge on any atom is -0.462 e. The van der Waals surface area contributed by atoms with Crippen LogP contribution in [-0.2, 0) is 24.2 Å². The van der Waals surface area contributed by atoms with Crippen molar-refractivity contribution in [3.63, 3.8) is 0 Å². The molecule has 1 radical (unpaired) electrons. The molecule has 0 aromatic carbocycles. The lowest BCUT2D eigenvalue weighted by Gasteiger charge is -2.12. The molecule has 0 fully saturated rings. The second kappa shape index (κ2) is 5.54. The van der Waals surface area contributed by atoms with Gasteiger partial charge in [-0.05, 0) is 0 Å². The van der Waals surface area contributed by atoms with Gasteiger partial charge < -0.3 is 9.47 Å². The molecule has 1 atom stereocenters. The molecule has 0 heterocycles. The van der Waals surface area contributed by atoms with Gasteiger partial charge in [-0.3, -0.25) is 9.59 Å². The molecule has 5 heteroatoms. The van der Waals surface area contributed by atoms with E-state index in [9.17, 15) is 14.7 Å². The summed E-state index contributed by atoms with van der Waals surface area (Å²) in [7, 11) is 0. The summed E-state index contributed by atoms with van der Waals surface area (Å²) in [5, 5.41) is 10.3. The maximum absolute atomic E-state index is 10.4. The predicted octanol–water partition coefficient (Wildman–Crippen LogP) is -0.0883. The van der Waals surface area contributed by atoms with E-state index in [1.807, 2.05) is 0 Å². The van der Waals surface area contributed by atoms with Gasteiger partial charge in [0.1, 0.15) is 13.2 Å². The SMILES string of the molecule is CC(=O)OC[C@H](C[O])OC(C)=O. The van der Waals surface area contributed by atoms with Gasteiger partial charge >= 0.3 is 11.9 Å². The maximum Gasteiger partial charge on any atom is 0.303 e. The Morgan fingerprint density at radius 2 is 1.83 bits per heavy atom. The summed E-state index contributed by atoms with van der Waals surface area (Å²) in [4.78, 5) is 20.6. The van der Waals surface area contributed by atoms with Crippen LogP contribution in [0.4, 0.5) is 0 Å². The molecular formula is C7H11O5. The van der Waals surface area contributed by atoms with E-state index in [1.54, 1.807) is 0 Å². The zero-order valence-corrected chi connectivity index (χ0v) is 7.03. The lowest BCUT2D eigenvalue weighted by molar-refractivity contribution is -0.159. The van der Waals surface area contributed by atoms with Crippen molar-refractivity contribution < 1.29 is 24.2 Å². The molecule has 0 rings (SSSR count). The molecule has 0 aromatic rings. The first-order valence-corrected chi connectivity index (χ1v) is 3.45. The Balaban J connectivity index is 3.67. The zero-order chi connectivity index (χ0) is 9.56. The Hall–Kier alpha value is -1.10. The highest BCUT2D eigenvalue weighted by Gasteiger charge is 2.12. The van der Waals surface area contributed by atoms with Crippen molar-refractivity contribution in [3.8, 4) is 0 Å². The van der Waals surface area contributed by atoms with Crippen molar-refractivity contribution in [2.75, 3.05) is 13.2 Å². The molecule has 0 aliphatic rings. The first-order valence-electron chi connectivity index (χ1n) is 3.45. The van der Waals surface area contributed by atoms with Crippen LogP contribution in [0.15, 0.2) is 0 Å². The molecule has 0 saturated carbocycles. The lowest BCUT2D eigenvalue weighted by Crippen LogP contribution is -2.26. The molecular weight excluding hydrogens is 164 g/mol. The molecule has 5 nitrogen and oxygen atoms in total. The minimum absolute atomic E-state index is 0.168. The van der Waals surface area contributed by atoms with Crippen LogP contribution < -0.4 is 0 Å². The normalized spacial score (nSPS) is 11.9. The minimum atomic E-state index is -0.869. The van der Waals surface area contributed by atoms with E-state index in [-0.39, 0.29) is 6.61 Å². The summed E-state index contributed by atoms with van der Waals surface area (Å²) in [6.45, 7) is 1.64. The van der Waals surface area contributed by atoms with Gasteiger partial charge in [0.25, 0.3) is 0 Å². The Labute approximate surface area is 70.3 Å². The first-order chi connectivity index (χ1) is 5.56. The number of rotatable bonds is 4. The summed E-state index contributed by atoms with van der Waals surface area (Å²) >= 11 is 0. The van der Waals surface area contributed by atoms with E-state index in [1.165, 1.54) is 13.8 Å². The second-order valence-electron chi connectivity index (χ2n) is 2.20. The Kier molecular flexibility index (Phi) is 5.03. The number of hydrogen-bond donors (Lipinski definition) is 0. The van der Waals surface area contributed by atoms with E-state index in [2.05, 4.69) is 9.47 Å². The number of hydrogen-bond acceptors (Lipinski definition) is 4. The molecule has 0 N–H and O–H groups in total. The second-order valence-corrected chi connectivity index (χ2v) is 2.20. The summed E-state index contributed by atoms with van der Waals surface area (Å²) in [6, 6.07) is 0. The van der Waals surface area contributed by atoms with Crippen LogP contribution >= 0.6 is 0 Å². The van der Waals surface area contributed by atoms with Crippen molar-refractivity contribution in [3.05, 3.63) is 0 Å². The van der Waals surface area contributed by atoms with Gasteiger partial charge in [0, 0.05) is 13.8 Å². The number of esters is 2. The summed E-state index contributed by atoms with van der Waals surface area (Å²) in [5.74, 6) is -1.05. The topological polar surface area (TPSA) is 72.5 Å². The van der Waals surface area contributed by atoms with Gasteiger partial charge in [-0.25, -0.2) is 5.11 Å².